The molecule has 2 aromatic carbocycles. The Hall–Kier alpha value is -1.13. The van der Waals surface area contributed by atoms with E-state index in [2.05, 4.69) is 80.3 Å². The molecule has 0 aliphatic rings. The highest BCUT2D eigenvalue weighted by atomic mass is 31.0. The second-order valence-corrected chi connectivity index (χ2v) is 6.85. The Morgan fingerprint density at radius 1 is 0.737 bits per heavy atom. The quantitative estimate of drug-likeness (QED) is 0.669. The summed E-state index contributed by atoms with van der Waals surface area (Å²) in [5.41, 5.74) is 8.28. The van der Waals surface area contributed by atoms with E-state index >= 15 is 0 Å². The van der Waals surface area contributed by atoms with Crippen LogP contribution in [-0.2, 0) is 5.16 Å². The Morgan fingerprint density at radius 3 is 1.47 bits per heavy atom. The molecule has 1 unspecified atom stereocenters. The number of hydrogen-bond donors (Lipinski definition) is 0. The van der Waals surface area contributed by atoms with Gasteiger partial charge in [-0.2, -0.15) is 0 Å². The summed E-state index contributed by atoms with van der Waals surface area (Å²) in [7, 11) is 3.06. The molecule has 0 nitrogen and oxygen atoms in total. The molecule has 0 saturated heterocycles. The molecule has 0 radical (unpaired) electrons. The Balaban J connectivity index is 2.65. The van der Waals surface area contributed by atoms with E-state index in [1.807, 2.05) is 0 Å². The van der Waals surface area contributed by atoms with E-state index in [0.717, 1.165) is 0 Å². The Labute approximate surface area is 119 Å². The first-order chi connectivity index (χ1) is 8.85. The Kier molecular flexibility index (Phi) is 3.83. The standard InChI is InChI=1S/C18H23P/c1-12-8-6-10-16(14(12)3)18(5,19)17-11-7-9-13(2)15(17)4/h6-11H,19H2,1-5H3. The van der Waals surface area contributed by atoms with E-state index < -0.39 is 0 Å². The number of rotatable bonds is 2. The van der Waals surface area contributed by atoms with Gasteiger partial charge in [0.1, 0.15) is 0 Å². The van der Waals surface area contributed by atoms with Crippen LogP contribution in [0, 0.1) is 27.7 Å². The summed E-state index contributed by atoms with van der Waals surface area (Å²) in [6.07, 6.45) is 0. The van der Waals surface area contributed by atoms with Crippen LogP contribution in [0.3, 0.4) is 0 Å². The maximum absolute atomic E-state index is 3.06. The summed E-state index contributed by atoms with van der Waals surface area (Å²) in [4.78, 5) is 0. The maximum Gasteiger partial charge on any atom is 0.0321 e. The van der Waals surface area contributed by atoms with E-state index in [-0.39, 0.29) is 5.16 Å². The molecule has 0 amide bonds. The lowest BCUT2D eigenvalue weighted by atomic mass is 9.84. The van der Waals surface area contributed by atoms with Crippen LogP contribution in [0.25, 0.3) is 0 Å². The van der Waals surface area contributed by atoms with E-state index in [9.17, 15) is 0 Å². The summed E-state index contributed by atoms with van der Waals surface area (Å²) >= 11 is 0. The van der Waals surface area contributed by atoms with Gasteiger partial charge in [0.15, 0.2) is 0 Å². The molecular weight excluding hydrogens is 247 g/mol. The SMILES string of the molecule is Cc1cccc(C(C)(P)c2cccc(C)c2C)c1C. The Morgan fingerprint density at radius 2 is 1.11 bits per heavy atom. The van der Waals surface area contributed by atoms with Crippen molar-refractivity contribution >= 4 is 9.24 Å². The van der Waals surface area contributed by atoms with Crippen molar-refractivity contribution in [2.45, 2.75) is 39.8 Å². The van der Waals surface area contributed by atoms with Crippen molar-refractivity contribution in [3.05, 3.63) is 69.8 Å². The van der Waals surface area contributed by atoms with Gasteiger partial charge in [-0.15, -0.1) is 9.24 Å². The molecule has 0 saturated carbocycles. The zero-order valence-electron chi connectivity index (χ0n) is 12.5. The maximum atomic E-state index is 3.06. The monoisotopic (exact) mass is 270 g/mol. The van der Waals surface area contributed by atoms with Crippen LogP contribution in [0.5, 0.6) is 0 Å². The van der Waals surface area contributed by atoms with Crippen molar-refractivity contribution in [1.82, 2.24) is 0 Å². The molecule has 1 heteroatoms. The molecule has 19 heavy (non-hydrogen) atoms. The first-order valence-electron chi connectivity index (χ1n) is 6.78. The van der Waals surface area contributed by atoms with Crippen LogP contribution in [0.1, 0.15) is 40.3 Å². The van der Waals surface area contributed by atoms with E-state index in [0.29, 0.717) is 0 Å². The van der Waals surface area contributed by atoms with Crippen LogP contribution in [0.2, 0.25) is 0 Å². The predicted molar refractivity (Wildman–Crippen MR) is 88.0 cm³/mol. The van der Waals surface area contributed by atoms with E-state index in [1.54, 1.807) is 0 Å². The molecule has 0 spiro atoms. The molecule has 2 aromatic rings. The van der Waals surface area contributed by atoms with Crippen LogP contribution < -0.4 is 0 Å². The number of benzene rings is 2. The van der Waals surface area contributed by atoms with Crippen molar-refractivity contribution in [2.24, 2.45) is 0 Å². The minimum Gasteiger partial charge on any atom is -0.122 e. The minimum atomic E-state index is -0.0355. The first-order valence-corrected chi connectivity index (χ1v) is 7.35. The topological polar surface area (TPSA) is 0 Å². The zero-order valence-corrected chi connectivity index (χ0v) is 13.7. The molecule has 0 bridgehead atoms. The lowest BCUT2D eigenvalue weighted by molar-refractivity contribution is 0.817. The normalized spacial score (nSPS) is 11.7. The van der Waals surface area contributed by atoms with Gasteiger partial charge in [0.2, 0.25) is 0 Å². The van der Waals surface area contributed by atoms with Gasteiger partial charge in [-0.25, -0.2) is 0 Å². The zero-order chi connectivity index (χ0) is 14.2. The van der Waals surface area contributed by atoms with Crippen LogP contribution in [0.4, 0.5) is 0 Å². The molecule has 0 aliphatic carbocycles. The molecule has 0 heterocycles. The Bertz CT molecular complexity index is 556. The van der Waals surface area contributed by atoms with E-state index in [4.69, 9.17) is 0 Å². The van der Waals surface area contributed by atoms with Gasteiger partial charge in [0.25, 0.3) is 0 Å². The third kappa shape index (κ3) is 2.47. The highest BCUT2D eigenvalue weighted by Crippen LogP contribution is 2.42. The van der Waals surface area contributed by atoms with Crippen molar-refractivity contribution in [1.29, 1.82) is 0 Å². The first kappa shape index (κ1) is 14.3. The highest BCUT2D eigenvalue weighted by Gasteiger charge is 2.27. The van der Waals surface area contributed by atoms with Gasteiger partial charge < -0.3 is 0 Å². The summed E-state index contributed by atoms with van der Waals surface area (Å²) in [6.45, 7) is 11.1. The highest BCUT2D eigenvalue weighted by molar-refractivity contribution is 7.18. The third-order valence-corrected chi connectivity index (χ3v) is 4.95. The molecule has 1 atom stereocenters. The fourth-order valence-corrected chi connectivity index (χ4v) is 3.40. The van der Waals surface area contributed by atoms with Gasteiger partial charge in [0.05, 0.1) is 0 Å². The fraction of sp³-hybridized carbons (Fsp3) is 0.333. The van der Waals surface area contributed by atoms with Gasteiger partial charge >= 0.3 is 0 Å². The smallest absolute Gasteiger partial charge is 0.0321 e. The average molecular weight is 270 g/mol. The van der Waals surface area contributed by atoms with Crippen molar-refractivity contribution in [3.63, 3.8) is 0 Å². The summed E-state index contributed by atoms with van der Waals surface area (Å²) in [5, 5.41) is -0.0355. The molecular formula is C18H23P. The van der Waals surface area contributed by atoms with E-state index in [1.165, 1.54) is 33.4 Å². The second kappa shape index (κ2) is 5.10. The lowest BCUT2D eigenvalue weighted by Gasteiger charge is -2.30. The number of aryl methyl sites for hydroxylation is 2. The average Bonchev–Trinajstić information content (AvgIpc) is 2.35. The molecule has 0 aromatic heterocycles. The third-order valence-electron chi connectivity index (χ3n) is 4.33. The second-order valence-electron chi connectivity index (χ2n) is 5.70. The molecule has 100 valence electrons. The number of hydrogen-bond acceptors (Lipinski definition) is 0. The predicted octanol–water partition coefficient (Wildman–Crippen LogP) is 5.06. The summed E-state index contributed by atoms with van der Waals surface area (Å²) in [6, 6.07) is 13.2. The largest absolute Gasteiger partial charge is 0.122 e. The van der Waals surface area contributed by atoms with Crippen molar-refractivity contribution in [2.75, 3.05) is 0 Å². The van der Waals surface area contributed by atoms with Crippen LogP contribution in [0.15, 0.2) is 36.4 Å². The molecule has 0 aliphatic heterocycles. The van der Waals surface area contributed by atoms with Gasteiger partial charge in [-0.1, -0.05) is 36.4 Å². The summed E-state index contributed by atoms with van der Waals surface area (Å²) < 4.78 is 0. The van der Waals surface area contributed by atoms with Gasteiger partial charge in [-0.05, 0) is 68.0 Å². The van der Waals surface area contributed by atoms with Crippen LogP contribution >= 0.6 is 9.24 Å². The van der Waals surface area contributed by atoms with Crippen molar-refractivity contribution < 1.29 is 0 Å². The van der Waals surface area contributed by atoms with Gasteiger partial charge in [-0.3, -0.25) is 0 Å². The molecule has 0 fully saturated rings. The molecule has 0 N–H and O–H groups in total. The van der Waals surface area contributed by atoms with Crippen LogP contribution in [-0.4, -0.2) is 0 Å². The lowest BCUT2D eigenvalue weighted by Crippen LogP contribution is -2.18. The molecule has 2 rings (SSSR count). The fourth-order valence-electron chi connectivity index (χ4n) is 2.77. The van der Waals surface area contributed by atoms with Gasteiger partial charge in [0, 0.05) is 5.16 Å². The minimum absolute atomic E-state index is 0.0355. The summed E-state index contributed by atoms with van der Waals surface area (Å²) in [5.74, 6) is 0. The van der Waals surface area contributed by atoms with Crippen molar-refractivity contribution in [3.8, 4) is 0 Å².